The van der Waals surface area contributed by atoms with Crippen LogP contribution in [0.3, 0.4) is 0 Å². The SMILES string of the molecule is CCCNc1nc(CC)nc(CCC)n1.CCCNc1nc(CC)nc(CCC)n1.CCCc1nc(Cl)nc(CC)n1.CCN. The summed E-state index contributed by atoms with van der Waals surface area (Å²) in [7, 11) is 0. The maximum atomic E-state index is 5.70. The maximum Gasteiger partial charge on any atom is 0.226 e. The van der Waals surface area contributed by atoms with Crippen LogP contribution in [0, 0.1) is 0 Å². The first-order valence-electron chi connectivity index (χ1n) is 16.8. The van der Waals surface area contributed by atoms with Gasteiger partial charge < -0.3 is 16.4 Å². The number of nitrogens with one attached hydrogen (secondary N) is 2. The third-order valence-electron chi connectivity index (χ3n) is 5.59. The van der Waals surface area contributed by atoms with Gasteiger partial charge in [-0.15, -0.1) is 0 Å². The van der Waals surface area contributed by atoms with Crippen molar-refractivity contribution in [1.82, 2.24) is 44.9 Å². The normalized spacial score (nSPS) is 10.0. The first kappa shape index (κ1) is 41.9. The van der Waals surface area contributed by atoms with Gasteiger partial charge >= 0.3 is 0 Å². The van der Waals surface area contributed by atoms with Gasteiger partial charge in [0.25, 0.3) is 0 Å². The molecule has 12 nitrogen and oxygen atoms in total. The second-order valence-corrected chi connectivity index (χ2v) is 10.3. The molecule has 0 aliphatic heterocycles. The highest BCUT2D eigenvalue weighted by Gasteiger charge is 2.05. The first-order chi connectivity index (χ1) is 21.8. The molecule has 0 aliphatic rings. The van der Waals surface area contributed by atoms with Crippen LogP contribution < -0.4 is 16.4 Å². The summed E-state index contributed by atoms with van der Waals surface area (Å²) in [5.74, 6) is 6.61. The van der Waals surface area contributed by atoms with Crippen molar-refractivity contribution in [2.75, 3.05) is 30.3 Å². The van der Waals surface area contributed by atoms with Gasteiger partial charge in [0, 0.05) is 51.6 Å². The molecule has 0 unspecified atom stereocenters. The van der Waals surface area contributed by atoms with Gasteiger partial charge in [-0.05, 0) is 50.2 Å². The summed E-state index contributed by atoms with van der Waals surface area (Å²) in [6.07, 6.45) is 10.6. The van der Waals surface area contributed by atoms with Crippen molar-refractivity contribution in [2.24, 2.45) is 5.73 Å². The van der Waals surface area contributed by atoms with Crippen molar-refractivity contribution in [1.29, 1.82) is 0 Å². The molecule has 3 aromatic rings. The quantitative estimate of drug-likeness (QED) is 0.166. The van der Waals surface area contributed by atoms with Crippen LogP contribution >= 0.6 is 11.6 Å². The van der Waals surface area contributed by atoms with Gasteiger partial charge in [-0.3, -0.25) is 0 Å². The Morgan fingerprint density at radius 1 is 0.444 bits per heavy atom. The summed E-state index contributed by atoms with van der Waals surface area (Å²) in [6.45, 7) is 21.2. The third-order valence-corrected chi connectivity index (χ3v) is 5.76. The number of rotatable bonds is 15. The van der Waals surface area contributed by atoms with Crippen molar-refractivity contribution in [3.05, 3.63) is 40.2 Å². The number of aromatic nitrogens is 9. The Balaban J connectivity index is 0.000000621. The average Bonchev–Trinajstić information content (AvgIpc) is 3.03. The number of hydrogen-bond acceptors (Lipinski definition) is 12. The van der Waals surface area contributed by atoms with Gasteiger partial charge in [0.1, 0.15) is 34.9 Å². The van der Waals surface area contributed by atoms with E-state index in [0.717, 1.165) is 137 Å². The van der Waals surface area contributed by atoms with Crippen molar-refractivity contribution in [2.45, 2.75) is 133 Å². The molecule has 0 amide bonds. The third kappa shape index (κ3) is 19.8. The van der Waals surface area contributed by atoms with Gasteiger partial charge in [-0.1, -0.05) is 62.3 Å². The Morgan fingerprint density at radius 3 is 1.04 bits per heavy atom. The van der Waals surface area contributed by atoms with Crippen molar-refractivity contribution in [3.63, 3.8) is 0 Å². The van der Waals surface area contributed by atoms with E-state index in [4.69, 9.17) is 17.3 Å². The molecule has 3 heterocycles. The second kappa shape index (κ2) is 27.2. The van der Waals surface area contributed by atoms with Crippen LogP contribution in [0.4, 0.5) is 11.9 Å². The molecular weight excluding hydrogens is 588 g/mol. The van der Waals surface area contributed by atoms with E-state index in [1.165, 1.54) is 0 Å². The number of nitrogens with zero attached hydrogens (tertiary/aromatic N) is 9. The van der Waals surface area contributed by atoms with Crippen LogP contribution in [0.5, 0.6) is 0 Å². The standard InChI is InChI=1S/2C11H20N4.C8H12ClN3.C2H7N/c2*1-4-7-10-13-9(6-3)14-11(15-10)12-8-5-2;1-3-5-7-10-6(4-2)11-8(9)12-7;1-2-3/h2*4-8H2,1-3H3,(H,12,13,14,15);3-5H2,1-2H3;2-3H2,1H3. The molecule has 0 bridgehead atoms. The van der Waals surface area contributed by atoms with Crippen molar-refractivity contribution < 1.29 is 0 Å². The zero-order valence-electron chi connectivity index (χ0n) is 29.4. The van der Waals surface area contributed by atoms with Gasteiger partial charge in [0.15, 0.2) is 0 Å². The average molecular weight is 647 g/mol. The Bertz CT molecular complexity index is 1100. The zero-order valence-corrected chi connectivity index (χ0v) is 30.1. The fourth-order valence-corrected chi connectivity index (χ4v) is 3.68. The second-order valence-electron chi connectivity index (χ2n) is 9.99. The summed E-state index contributed by atoms with van der Waals surface area (Å²) in [5.41, 5.74) is 4.85. The van der Waals surface area contributed by atoms with E-state index >= 15 is 0 Å². The van der Waals surface area contributed by atoms with Crippen LogP contribution in [-0.4, -0.2) is 64.5 Å². The highest BCUT2D eigenvalue weighted by atomic mass is 35.5. The predicted octanol–water partition coefficient (Wildman–Crippen LogP) is 6.42. The molecule has 4 N–H and O–H groups in total. The molecule has 0 saturated carbocycles. The Kier molecular flexibility index (Phi) is 25.3. The molecule has 0 radical (unpaired) electrons. The number of nitrogens with two attached hydrogens (primary N) is 1. The van der Waals surface area contributed by atoms with E-state index in [2.05, 4.69) is 104 Å². The van der Waals surface area contributed by atoms with Crippen molar-refractivity contribution >= 4 is 23.5 Å². The molecule has 3 aromatic heterocycles. The minimum atomic E-state index is 0.310. The first-order valence-corrected chi connectivity index (χ1v) is 17.2. The Morgan fingerprint density at radius 2 is 0.733 bits per heavy atom. The molecule has 254 valence electrons. The topological polar surface area (TPSA) is 166 Å². The fraction of sp³-hybridized carbons (Fsp3) is 0.719. The number of anilines is 2. The Hall–Kier alpha value is -3.12. The van der Waals surface area contributed by atoms with Crippen LogP contribution in [0.15, 0.2) is 0 Å². The predicted molar refractivity (Wildman–Crippen MR) is 187 cm³/mol. The van der Waals surface area contributed by atoms with E-state index < -0.39 is 0 Å². The van der Waals surface area contributed by atoms with Gasteiger partial charge in [0.05, 0.1) is 0 Å². The van der Waals surface area contributed by atoms with Gasteiger partial charge in [0.2, 0.25) is 17.2 Å². The summed E-state index contributed by atoms with van der Waals surface area (Å²) in [6, 6.07) is 0. The minimum absolute atomic E-state index is 0.310. The summed E-state index contributed by atoms with van der Waals surface area (Å²) in [4.78, 5) is 38.4. The van der Waals surface area contributed by atoms with Gasteiger partial charge in [-0.2, -0.15) is 19.9 Å². The smallest absolute Gasteiger partial charge is 0.226 e. The van der Waals surface area contributed by atoms with E-state index in [-0.39, 0.29) is 0 Å². The van der Waals surface area contributed by atoms with Gasteiger partial charge in [-0.25, -0.2) is 24.9 Å². The van der Waals surface area contributed by atoms with Crippen LogP contribution in [-0.2, 0) is 38.5 Å². The van der Waals surface area contributed by atoms with E-state index in [1.54, 1.807) is 0 Å². The number of hydrogen-bond donors (Lipinski definition) is 3. The van der Waals surface area contributed by atoms with Crippen LogP contribution in [0.25, 0.3) is 0 Å². The molecule has 0 spiro atoms. The molecular formula is C32H59ClN12. The van der Waals surface area contributed by atoms with E-state index in [0.29, 0.717) is 5.28 Å². The maximum absolute atomic E-state index is 5.70. The lowest BCUT2D eigenvalue weighted by Gasteiger charge is -2.06. The zero-order chi connectivity index (χ0) is 33.9. The molecule has 3 rings (SSSR count). The lowest BCUT2D eigenvalue weighted by Crippen LogP contribution is -2.10. The highest BCUT2D eigenvalue weighted by molar-refractivity contribution is 6.28. The molecule has 0 aromatic carbocycles. The summed E-state index contributed by atoms with van der Waals surface area (Å²) in [5, 5.41) is 6.72. The molecule has 0 fully saturated rings. The van der Waals surface area contributed by atoms with Crippen molar-refractivity contribution in [3.8, 4) is 0 Å². The lowest BCUT2D eigenvalue weighted by molar-refractivity contribution is 0.777. The van der Waals surface area contributed by atoms with Crippen LogP contribution in [0.1, 0.15) is 129 Å². The minimum Gasteiger partial charge on any atom is -0.354 e. The monoisotopic (exact) mass is 646 g/mol. The molecule has 45 heavy (non-hydrogen) atoms. The van der Waals surface area contributed by atoms with E-state index in [9.17, 15) is 0 Å². The summed E-state index contributed by atoms with van der Waals surface area (Å²) < 4.78 is 0. The lowest BCUT2D eigenvalue weighted by atomic mass is 10.3. The molecule has 0 saturated heterocycles. The molecule has 13 heteroatoms. The number of aryl methyl sites for hydroxylation is 6. The van der Waals surface area contributed by atoms with E-state index in [1.807, 2.05) is 13.8 Å². The van der Waals surface area contributed by atoms with Crippen LogP contribution in [0.2, 0.25) is 5.28 Å². The fourth-order valence-electron chi connectivity index (χ4n) is 3.49. The Labute approximate surface area is 277 Å². The largest absolute Gasteiger partial charge is 0.354 e. The molecule has 0 aliphatic carbocycles. The number of halogens is 1. The molecule has 0 atom stereocenters. The summed E-state index contributed by atoms with van der Waals surface area (Å²) >= 11 is 5.70. The highest BCUT2D eigenvalue weighted by Crippen LogP contribution is 2.06.